The van der Waals surface area contributed by atoms with Crippen LogP contribution in [0.5, 0.6) is 0 Å². The molecule has 1 unspecified atom stereocenters. The fourth-order valence-electron chi connectivity index (χ4n) is 1.68. The Hall–Kier alpha value is -1.73. The number of carbonyl (C=O) groups excluding carboxylic acids is 1. The summed E-state index contributed by atoms with van der Waals surface area (Å²) < 4.78 is 4.61. The molecule has 0 aliphatic heterocycles. The molecule has 0 radical (unpaired) electrons. The summed E-state index contributed by atoms with van der Waals surface area (Å²) in [4.78, 5) is 21.8. The predicted molar refractivity (Wildman–Crippen MR) is 73.3 cm³/mol. The maximum Gasteiger partial charge on any atom is 0.330 e. The van der Waals surface area contributed by atoms with E-state index in [0.717, 1.165) is 16.6 Å². The first-order chi connectivity index (χ1) is 9.19. The van der Waals surface area contributed by atoms with Gasteiger partial charge in [0.1, 0.15) is 23.0 Å². The third-order valence-electron chi connectivity index (χ3n) is 2.71. The zero-order valence-corrected chi connectivity index (χ0v) is 11.5. The maximum atomic E-state index is 11.5. The summed E-state index contributed by atoms with van der Waals surface area (Å²) >= 11 is 1.59. The monoisotopic (exact) mass is 281 g/mol. The van der Waals surface area contributed by atoms with E-state index in [4.69, 9.17) is 0 Å². The summed E-state index contributed by atoms with van der Waals surface area (Å²) in [6, 6.07) is 1.17. The Morgan fingerprint density at radius 3 is 3.00 bits per heavy atom. The molecule has 1 atom stereocenters. The molecular formula is C12H15N3O3S. The number of anilines is 1. The van der Waals surface area contributed by atoms with Crippen molar-refractivity contribution < 1.29 is 14.6 Å². The van der Waals surface area contributed by atoms with E-state index in [2.05, 4.69) is 26.9 Å². The number of aliphatic hydroxyl groups excluding tert-OH is 1. The largest absolute Gasteiger partial charge is 0.467 e. The van der Waals surface area contributed by atoms with Gasteiger partial charge in [0, 0.05) is 4.88 Å². The second-order valence-electron chi connectivity index (χ2n) is 3.91. The number of aryl methyl sites for hydroxylation is 1. The van der Waals surface area contributed by atoms with Crippen LogP contribution in [0.2, 0.25) is 0 Å². The molecule has 0 aromatic carbocycles. The average molecular weight is 281 g/mol. The molecule has 2 N–H and O–H groups in total. The summed E-state index contributed by atoms with van der Waals surface area (Å²) in [7, 11) is 1.28. The zero-order chi connectivity index (χ0) is 13.8. The molecule has 19 heavy (non-hydrogen) atoms. The molecule has 0 bridgehead atoms. The summed E-state index contributed by atoms with van der Waals surface area (Å²) in [5, 5.41) is 13.0. The minimum absolute atomic E-state index is 0.358. The lowest BCUT2D eigenvalue weighted by Gasteiger charge is -2.14. The van der Waals surface area contributed by atoms with Gasteiger partial charge in [0.15, 0.2) is 0 Å². The van der Waals surface area contributed by atoms with E-state index in [9.17, 15) is 9.90 Å². The van der Waals surface area contributed by atoms with Crippen LogP contribution in [0.4, 0.5) is 5.82 Å². The van der Waals surface area contributed by atoms with E-state index in [-0.39, 0.29) is 6.61 Å². The van der Waals surface area contributed by atoms with Crippen LogP contribution < -0.4 is 5.32 Å². The number of rotatable bonds is 5. The van der Waals surface area contributed by atoms with E-state index in [0.29, 0.717) is 5.82 Å². The number of nitrogens with one attached hydrogen (secondary N) is 1. The number of nitrogens with zero attached hydrogens (tertiary/aromatic N) is 2. The lowest BCUT2D eigenvalue weighted by molar-refractivity contribution is -0.142. The summed E-state index contributed by atoms with van der Waals surface area (Å²) in [5.74, 6) is 0.00519. The van der Waals surface area contributed by atoms with Crippen molar-refractivity contribution in [1.82, 2.24) is 9.97 Å². The van der Waals surface area contributed by atoms with Crippen molar-refractivity contribution in [2.45, 2.75) is 19.4 Å². The molecule has 2 aromatic heterocycles. The van der Waals surface area contributed by atoms with Gasteiger partial charge in [-0.3, -0.25) is 0 Å². The Balaban J connectivity index is 2.33. The second kappa shape index (κ2) is 5.94. The number of aliphatic hydroxyl groups is 1. The highest BCUT2D eigenvalue weighted by molar-refractivity contribution is 7.18. The number of hydrogen-bond donors (Lipinski definition) is 2. The first-order valence-corrected chi connectivity index (χ1v) is 6.69. The number of methoxy groups -OCH3 is 1. The molecule has 6 nitrogen and oxygen atoms in total. The Morgan fingerprint density at radius 2 is 2.37 bits per heavy atom. The number of fused-ring (bicyclic) bond motifs is 1. The molecule has 0 spiro atoms. The van der Waals surface area contributed by atoms with E-state index >= 15 is 0 Å². The lowest BCUT2D eigenvalue weighted by Crippen LogP contribution is -2.34. The van der Waals surface area contributed by atoms with Gasteiger partial charge < -0.3 is 15.2 Å². The molecule has 0 aliphatic rings. The number of aromatic nitrogens is 2. The number of hydrogen-bond acceptors (Lipinski definition) is 7. The van der Waals surface area contributed by atoms with E-state index in [1.54, 1.807) is 11.3 Å². The summed E-state index contributed by atoms with van der Waals surface area (Å²) in [5.41, 5.74) is 0. The summed E-state index contributed by atoms with van der Waals surface area (Å²) in [6.07, 6.45) is 2.35. The van der Waals surface area contributed by atoms with Gasteiger partial charge in [0.25, 0.3) is 0 Å². The quantitative estimate of drug-likeness (QED) is 0.801. The van der Waals surface area contributed by atoms with E-state index < -0.39 is 12.0 Å². The minimum atomic E-state index is -0.826. The van der Waals surface area contributed by atoms with Crippen molar-refractivity contribution in [2.24, 2.45) is 0 Å². The smallest absolute Gasteiger partial charge is 0.330 e. The molecule has 0 saturated heterocycles. The zero-order valence-electron chi connectivity index (χ0n) is 10.7. The van der Waals surface area contributed by atoms with Gasteiger partial charge in [-0.05, 0) is 12.5 Å². The van der Waals surface area contributed by atoms with Crippen molar-refractivity contribution in [3.63, 3.8) is 0 Å². The normalized spacial score (nSPS) is 12.4. The van der Waals surface area contributed by atoms with Crippen LogP contribution in [0.25, 0.3) is 10.2 Å². The molecule has 102 valence electrons. The second-order valence-corrected chi connectivity index (χ2v) is 5.03. The first-order valence-electron chi connectivity index (χ1n) is 5.88. The van der Waals surface area contributed by atoms with Crippen LogP contribution in [0.3, 0.4) is 0 Å². The fourth-order valence-corrected chi connectivity index (χ4v) is 2.62. The van der Waals surface area contributed by atoms with Crippen LogP contribution in [0, 0.1) is 0 Å². The van der Waals surface area contributed by atoms with Crippen molar-refractivity contribution in [1.29, 1.82) is 0 Å². The van der Waals surface area contributed by atoms with Crippen molar-refractivity contribution in [3.05, 3.63) is 17.3 Å². The van der Waals surface area contributed by atoms with Gasteiger partial charge in [0.2, 0.25) is 0 Å². The van der Waals surface area contributed by atoms with Gasteiger partial charge in [0.05, 0.1) is 19.1 Å². The van der Waals surface area contributed by atoms with E-state index in [1.165, 1.54) is 18.3 Å². The topological polar surface area (TPSA) is 84.3 Å². The highest BCUT2D eigenvalue weighted by Gasteiger charge is 2.20. The van der Waals surface area contributed by atoms with Gasteiger partial charge >= 0.3 is 5.97 Å². The van der Waals surface area contributed by atoms with Gasteiger partial charge in [-0.1, -0.05) is 6.92 Å². The number of ether oxygens (including phenoxy) is 1. The molecule has 7 heteroatoms. The maximum absolute atomic E-state index is 11.5. The molecule has 2 rings (SSSR count). The third kappa shape index (κ3) is 2.82. The van der Waals surface area contributed by atoms with Crippen molar-refractivity contribution in [2.75, 3.05) is 19.0 Å². The highest BCUT2D eigenvalue weighted by Crippen LogP contribution is 2.28. The fraction of sp³-hybridized carbons (Fsp3) is 0.417. The SMILES string of the molecule is CCc1cc2c(NC(CO)C(=O)OC)ncnc2s1. The Labute approximate surface area is 114 Å². The van der Waals surface area contributed by atoms with Crippen LogP contribution in [-0.4, -0.2) is 40.8 Å². The van der Waals surface area contributed by atoms with Gasteiger partial charge in [-0.2, -0.15) is 0 Å². The predicted octanol–water partition coefficient (Wildman–Crippen LogP) is 1.20. The lowest BCUT2D eigenvalue weighted by atomic mass is 10.2. The van der Waals surface area contributed by atoms with Gasteiger partial charge in [-0.15, -0.1) is 11.3 Å². The van der Waals surface area contributed by atoms with Crippen LogP contribution in [0.1, 0.15) is 11.8 Å². The van der Waals surface area contributed by atoms with Crippen molar-refractivity contribution in [3.8, 4) is 0 Å². The number of thiophene rings is 1. The Morgan fingerprint density at radius 1 is 1.58 bits per heavy atom. The minimum Gasteiger partial charge on any atom is -0.467 e. The average Bonchev–Trinajstić information content (AvgIpc) is 2.87. The molecular weight excluding hydrogens is 266 g/mol. The highest BCUT2D eigenvalue weighted by atomic mass is 32.1. The Bertz CT molecular complexity index is 585. The van der Waals surface area contributed by atoms with Gasteiger partial charge in [-0.25, -0.2) is 14.8 Å². The molecule has 2 aromatic rings. The number of carbonyl (C=O) groups is 1. The van der Waals surface area contributed by atoms with Crippen LogP contribution in [-0.2, 0) is 16.0 Å². The van der Waals surface area contributed by atoms with Crippen LogP contribution >= 0.6 is 11.3 Å². The molecule has 0 saturated carbocycles. The summed E-state index contributed by atoms with van der Waals surface area (Å²) in [6.45, 7) is 1.71. The van der Waals surface area contributed by atoms with Crippen LogP contribution in [0.15, 0.2) is 12.4 Å². The molecule has 2 heterocycles. The standard InChI is InChI=1S/C12H15N3O3S/c1-3-7-4-8-10(13-6-14-11(8)19-7)15-9(5-16)12(17)18-2/h4,6,9,16H,3,5H2,1-2H3,(H,13,14,15). The molecule has 0 amide bonds. The third-order valence-corrected chi connectivity index (χ3v) is 3.90. The molecule has 0 aliphatic carbocycles. The van der Waals surface area contributed by atoms with E-state index in [1.807, 2.05) is 6.07 Å². The van der Waals surface area contributed by atoms with Crippen molar-refractivity contribution >= 4 is 33.3 Å². The molecule has 0 fully saturated rings. The first kappa shape index (κ1) is 13.7. The Kier molecular flexibility index (Phi) is 4.28. The number of esters is 1.